The van der Waals surface area contributed by atoms with Crippen LogP contribution in [0.15, 0.2) is 43.0 Å². The van der Waals surface area contributed by atoms with Crippen LogP contribution < -0.4 is 5.43 Å². The lowest BCUT2D eigenvalue weighted by Crippen LogP contribution is -2.48. The van der Waals surface area contributed by atoms with Gasteiger partial charge in [0, 0.05) is 6.54 Å². The summed E-state index contributed by atoms with van der Waals surface area (Å²) in [5, 5.41) is 7.38. The number of benzene rings is 1. The third-order valence-corrected chi connectivity index (χ3v) is 3.80. The van der Waals surface area contributed by atoms with E-state index in [4.69, 9.17) is 0 Å². The molecule has 6 nitrogen and oxygen atoms in total. The minimum absolute atomic E-state index is 0.00503. The summed E-state index contributed by atoms with van der Waals surface area (Å²) in [6.45, 7) is 1.76. The number of hydrogen-bond acceptors (Lipinski definition) is 4. The monoisotopic (exact) mass is 285 g/mol. The standard InChI is InChI=1S/C15H19N5O/c21-15(18-20-11-16-17-12-20)14-8-4-5-9-19(14)10-13-6-2-1-3-7-13/h1-3,6-7,11-12,14H,4-5,8-10H2,(H,18,21)/t14-/m1/s1. The van der Waals surface area contributed by atoms with E-state index in [-0.39, 0.29) is 11.9 Å². The number of carbonyl (C=O) groups is 1. The van der Waals surface area contributed by atoms with E-state index >= 15 is 0 Å². The largest absolute Gasteiger partial charge is 0.288 e. The molecule has 6 heteroatoms. The van der Waals surface area contributed by atoms with E-state index < -0.39 is 0 Å². The van der Waals surface area contributed by atoms with Crippen molar-refractivity contribution < 1.29 is 4.79 Å². The van der Waals surface area contributed by atoms with Crippen LogP contribution in [-0.4, -0.2) is 38.3 Å². The van der Waals surface area contributed by atoms with Gasteiger partial charge in [0.15, 0.2) is 0 Å². The smallest absolute Gasteiger partial charge is 0.256 e. The molecule has 2 aromatic rings. The minimum atomic E-state index is -0.0960. The molecule has 3 rings (SSSR count). The molecule has 0 aliphatic carbocycles. The van der Waals surface area contributed by atoms with E-state index in [0.717, 1.165) is 32.4 Å². The highest BCUT2D eigenvalue weighted by atomic mass is 16.2. The van der Waals surface area contributed by atoms with E-state index in [1.165, 1.54) is 22.9 Å². The van der Waals surface area contributed by atoms with Gasteiger partial charge in [0.2, 0.25) is 0 Å². The molecule has 0 radical (unpaired) electrons. The van der Waals surface area contributed by atoms with E-state index in [0.29, 0.717) is 0 Å². The Balaban J connectivity index is 1.67. The number of aromatic nitrogens is 3. The van der Waals surface area contributed by atoms with Crippen molar-refractivity contribution in [2.45, 2.75) is 31.8 Å². The van der Waals surface area contributed by atoms with Gasteiger partial charge in [-0.2, -0.15) is 0 Å². The van der Waals surface area contributed by atoms with Gasteiger partial charge in [-0.05, 0) is 24.9 Å². The number of amides is 1. The van der Waals surface area contributed by atoms with Crippen LogP contribution in [-0.2, 0) is 11.3 Å². The lowest BCUT2D eigenvalue weighted by Gasteiger charge is -2.34. The second-order valence-corrected chi connectivity index (χ2v) is 5.31. The molecule has 1 N–H and O–H groups in total. The maximum absolute atomic E-state index is 12.4. The summed E-state index contributed by atoms with van der Waals surface area (Å²) in [4.78, 5) is 14.7. The number of carbonyl (C=O) groups excluding carboxylic acids is 1. The molecular formula is C15H19N5O. The van der Waals surface area contributed by atoms with E-state index in [2.05, 4.69) is 32.7 Å². The molecule has 1 atom stereocenters. The average Bonchev–Trinajstić information content (AvgIpc) is 3.02. The zero-order chi connectivity index (χ0) is 14.5. The summed E-state index contributed by atoms with van der Waals surface area (Å²) in [5.41, 5.74) is 4.06. The van der Waals surface area contributed by atoms with E-state index in [1.807, 2.05) is 18.2 Å². The molecule has 0 bridgehead atoms. The Morgan fingerprint density at radius 2 is 1.95 bits per heavy atom. The van der Waals surface area contributed by atoms with Gasteiger partial charge < -0.3 is 0 Å². The van der Waals surface area contributed by atoms with Crippen LogP contribution in [0.1, 0.15) is 24.8 Å². The number of hydrogen-bond donors (Lipinski definition) is 1. The highest BCUT2D eigenvalue weighted by Crippen LogP contribution is 2.20. The minimum Gasteiger partial charge on any atom is -0.288 e. The number of nitrogens with zero attached hydrogens (tertiary/aromatic N) is 4. The summed E-state index contributed by atoms with van der Waals surface area (Å²) in [6, 6.07) is 10.2. The third-order valence-electron chi connectivity index (χ3n) is 3.80. The molecule has 0 saturated carbocycles. The number of rotatable bonds is 4. The van der Waals surface area contributed by atoms with Crippen LogP contribution in [0.4, 0.5) is 0 Å². The topological polar surface area (TPSA) is 63.1 Å². The van der Waals surface area contributed by atoms with Crippen LogP contribution in [0.3, 0.4) is 0 Å². The van der Waals surface area contributed by atoms with Crippen LogP contribution >= 0.6 is 0 Å². The second kappa shape index (κ2) is 6.49. The maximum Gasteiger partial charge on any atom is 0.256 e. The van der Waals surface area contributed by atoms with Gasteiger partial charge in [-0.15, -0.1) is 10.2 Å². The fourth-order valence-corrected chi connectivity index (χ4v) is 2.76. The molecule has 0 unspecified atom stereocenters. The van der Waals surface area contributed by atoms with Crippen LogP contribution in [0.5, 0.6) is 0 Å². The average molecular weight is 285 g/mol. The van der Waals surface area contributed by atoms with Crippen molar-refractivity contribution in [3.8, 4) is 0 Å². The molecule has 110 valence electrons. The quantitative estimate of drug-likeness (QED) is 0.922. The Kier molecular flexibility index (Phi) is 4.25. The van der Waals surface area contributed by atoms with Crippen molar-refractivity contribution in [1.82, 2.24) is 19.8 Å². The zero-order valence-electron chi connectivity index (χ0n) is 11.9. The molecule has 1 aromatic heterocycles. The van der Waals surface area contributed by atoms with Gasteiger partial charge in [0.05, 0.1) is 6.04 Å². The Labute approximate surface area is 123 Å². The molecule has 2 heterocycles. The molecule has 1 saturated heterocycles. The van der Waals surface area contributed by atoms with Crippen molar-refractivity contribution in [3.63, 3.8) is 0 Å². The van der Waals surface area contributed by atoms with Crippen molar-refractivity contribution >= 4 is 5.91 Å². The van der Waals surface area contributed by atoms with Gasteiger partial charge in [-0.3, -0.25) is 15.1 Å². The van der Waals surface area contributed by atoms with E-state index in [9.17, 15) is 4.79 Å². The van der Waals surface area contributed by atoms with Crippen molar-refractivity contribution in [2.24, 2.45) is 0 Å². The van der Waals surface area contributed by atoms with Crippen LogP contribution in [0.25, 0.3) is 0 Å². The molecule has 1 aromatic carbocycles. The third kappa shape index (κ3) is 3.46. The van der Waals surface area contributed by atoms with Crippen molar-refractivity contribution in [2.75, 3.05) is 12.0 Å². The Bertz CT molecular complexity index is 569. The highest BCUT2D eigenvalue weighted by molar-refractivity contribution is 5.88. The van der Waals surface area contributed by atoms with Gasteiger partial charge in [0.25, 0.3) is 5.91 Å². The SMILES string of the molecule is O=C(Nn1cnnc1)[C@H]1CCCCN1Cc1ccccc1. The van der Waals surface area contributed by atoms with Crippen LogP contribution in [0.2, 0.25) is 0 Å². The predicted octanol–water partition coefficient (Wildman–Crippen LogP) is 1.40. The molecule has 1 aliphatic rings. The lowest BCUT2D eigenvalue weighted by atomic mass is 10.0. The fourth-order valence-electron chi connectivity index (χ4n) is 2.76. The number of nitrogens with one attached hydrogen (secondary N) is 1. The molecule has 21 heavy (non-hydrogen) atoms. The van der Waals surface area contributed by atoms with Gasteiger partial charge >= 0.3 is 0 Å². The zero-order valence-corrected chi connectivity index (χ0v) is 11.9. The molecule has 1 aliphatic heterocycles. The fraction of sp³-hybridized carbons (Fsp3) is 0.400. The molecule has 0 spiro atoms. The van der Waals surface area contributed by atoms with E-state index in [1.54, 1.807) is 0 Å². The summed E-state index contributed by atoms with van der Waals surface area (Å²) < 4.78 is 1.50. The van der Waals surface area contributed by atoms with Crippen molar-refractivity contribution in [1.29, 1.82) is 0 Å². The lowest BCUT2D eigenvalue weighted by molar-refractivity contribution is -0.123. The molecular weight excluding hydrogens is 266 g/mol. The highest BCUT2D eigenvalue weighted by Gasteiger charge is 2.28. The maximum atomic E-state index is 12.4. The normalized spacial score (nSPS) is 19.3. The Hall–Kier alpha value is -2.21. The van der Waals surface area contributed by atoms with Gasteiger partial charge in [-0.1, -0.05) is 36.8 Å². The number of likely N-dealkylation sites (tertiary alicyclic amines) is 1. The van der Waals surface area contributed by atoms with Gasteiger partial charge in [-0.25, -0.2) is 4.68 Å². The summed E-state index contributed by atoms with van der Waals surface area (Å²) in [6.07, 6.45) is 6.10. The first-order valence-corrected chi connectivity index (χ1v) is 7.26. The predicted molar refractivity (Wildman–Crippen MR) is 78.9 cm³/mol. The van der Waals surface area contributed by atoms with Crippen LogP contribution in [0, 0.1) is 0 Å². The summed E-state index contributed by atoms with van der Waals surface area (Å²) in [5.74, 6) is 0.00503. The first kappa shape index (κ1) is 13.8. The molecule has 1 fully saturated rings. The Morgan fingerprint density at radius 3 is 2.71 bits per heavy atom. The Morgan fingerprint density at radius 1 is 1.19 bits per heavy atom. The number of piperidine rings is 1. The second-order valence-electron chi connectivity index (χ2n) is 5.31. The first-order valence-electron chi connectivity index (χ1n) is 7.26. The summed E-state index contributed by atoms with van der Waals surface area (Å²) in [7, 11) is 0. The summed E-state index contributed by atoms with van der Waals surface area (Å²) >= 11 is 0. The van der Waals surface area contributed by atoms with Crippen molar-refractivity contribution in [3.05, 3.63) is 48.5 Å². The first-order chi connectivity index (χ1) is 10.3. The molecule has 1 amide bonds. The van der Waals surface area contributed by atoms with Gasteiger partial charge in [0.1, 0.15) is 12.7 Å².